The van der Waals surface area contributed by atoms with E-state index in [2.05, 4.69) is 10.2 Å². The number of thiophene rings is 1. The van der Waals surface area contributed by atoms with Crippen molar-refractivity contribution in [2.45, 2.75) is 11.3 Å². The van der Waals surface area contributed by atoms with Crippen LogP contribution >= 0.6 is 23.1 Å². The summed E-state index contributed by atoms with van der Waals surface area (Å²) in [5.41, 5.74) is 0.919. The van der Waals surface area contributed by atoms with Crippen molar-refractivity contribution in [2.24, 2.45) is 0 Å². The number of thioether (sulfide) groups is 1. The summed E-state index contributed by atoms with van der Waals surface area (Å²) in [5.74, 6) is 0.757. The molecule has 1 aliphatic rings. The molecule has 0 unspecified atom stereocenters. The topological polar surface area (TPSA) is 44.2 Å². The molecule has 0 aliphatic carbocycles. The van der Waals surface area contributed by atoms with Crippen molar-refractivity contribution in [2.75, 3.05) is 19.0 Å². The van der Waals surface area contributed by atoms with Gasteiger partial charge in [0.2, 0.25) is 0 Å². The molecule has 0 N–H and O–H groups in total. The maximum Gasteiger partial charge on any atom is 0.167 e. The molecule has 0 radical (unpaired) electrons. The maximum absolute atomic E-state index is 5.37. The SMILES string of the molecule is c1csc(-c2ccc(SCC3OCCO3)nn2)c1. The van der Waals surface area contributed by atoms with E-state index in [9.17, 15) is 0 Å². The first-order chi connectivity index (χ1) is 8.92. The van der Waals surface area contributed by atoms with Crippen LogP contribution in [-0.2, 0) is 9.47 Å². The van der Waals surface area contributed by atoms with Crippen molar-refractivity contribution >= 4 is 23.1 Å². The van der Waals surface area contributed by atoms with Gasteiger partial charge in [-0.25, -0.2) is 0 Å². The molecule has 94 valence electrons. The maximum atomic E-state index is 5.37. The van der Waals surface area contributed by atoms with Gasteiger partial charge in [-0.2, -0.15) is 0 Å². The van der Waals surface area contributed by atoms with E-state index in [1.54, 1.807) is 23.1 Å². The summed E-state index contributed by atoms with van der Waals surface area (Å²) in [6.45, 7) is 1.38. The van der Waals surface area contributed by atoms with Crippen LogP contribution in [0.4, 0.5) is 0 Å². The molecule has 4 nitrogen and oxygen atoms in total. The lowest BCUT2D eigenvalue weighted by Gasteiger charge is -2.07. The average molecular weight is 280 g/mol. The Labute approximate surface area is 113 Å². The van der Waals surface area contributed by atoms with Crippen LogP contribution in [0.5, 0.6) is 0 Å². The summed E-state index contributed by atoms with van der Waals surface area (Å²) < 4.78 is 10.7. The van der Waals surface area contributed by atoms with Gasteiger partial charge < -0.3 is 9.47 Å². The third kappa shape index (κ3) is 2.89. The highest BCUT2D eigenvalue weighted by molar-refractivity contribution is 7.99. The van der Waals surface area contributed by atoms with Crippen molar-refractivity contribution in [3.63, 3.8) is 0 Å². The lowest BCUT2D eigenvalue weighted by atomic mass is 10.3. The molecule has 0 atom stereocenters. The zero-order valence-electron chi connectivity index (χ0n) is 9.61. The highest BCUT2D eigenvalue weighted by Gasteiger charge is 2.16. The van der Waals surface area contributed by atoms with E-state index in [1.165, 1.54) is 0 Å². The molecule has 2 aromatic heterocycles. The molecule has 0 saturated carbocycles. The Hall–Kier alpha value is -0.950. The van der Waals surface area contributed by atoms with Crippen LogP contribution in [-0.4, -0.2) is 35.5 Å². The average Bonchev–Trinajstić information content (AvgIpc) is 3.10. The van der Waals surface area contributed by atoms with Gasteiger partial charge in [0.15, 0.2) is 6.29 Å². The lowest BCUT2D eigenvalue weighted by Crippen LogP contribution is -2.10. The van der Waals surface area contributed by atoms with Crippen LogP contribution in [0.2, 0.25) is 0 Å². The minimum absolute atomic E-state index is 0.103. The molecule has 1 aliphatic heterocycles. The Morgan fingerprint density at radius 1 is 1.22 bits per heavy atom. The first-order valence-electron chi connectivity index (χ1n) is 5.65. The number of hydrogen-bond donors (Lipinski definition) is 0. The molecule has 3 rings (SSSR count). The van der Waals surface area contributed by atoms with Gasteiger partial charge in [-0.15, -0.1) is 21.5 Å². The molecule has 0 bridgehead atoms. The second-order valence-electron chi connectivity index (χ2n) is 3.72. The van der Waals surface area contributed by atoms with E-state index >= 15 is 0 Å². The van der Waals surface area contributed by atoms with Crippen LogP contribution in [0.15, 0.2) is 34.7 Å². The number of aromatic nitrogens is 2. The van der Waals surface area contributed by atoms with Crippen molar-refractivity contribution in [1.82, 2.24) is 10.2 Å². The Balaban J connectivity index is 1.60. The third-order valence-corrected chi connectivity index (χ3v) is 4.32. The Bertz CT molecular complexity index is 481. The molecular formula is C12H12N2O2S2. The van der Waals surface area contributed by atoms with Crippen LogP contribution in [0, 0.1) is 0 Å². The summed E-state index contributed by atoms with van der Waals surface area (Å²) in [7, 11) is 0. The minimum atomic E-state index is -0.103. The van der Waals surface area contributed by atoms with Gasteiger partial charge in [-0.05, 0) is 23.6 Å². The van der Waals surface area contributed by atoms with Crippen molar-refractivity contribution in [3.8, 4) is 10.6 Å². The normalized spacial score (nSPS) is 16.2. The molecule has 1 fully saturated rings. The fraction of sp³-hybridized carbons (Fsp3) is 0.333. The second kappa shape index (κ2) is 5.79. The Kier molecular flexibility index (Phi) is 3.90. The Morgan fingerprint density at radius 3 is 2.78 bits per heavy atom. The van der Waals surface area contributed by atoms with Crippen LogP contribution < -0.4 is 0 Å². The number of rotatable bonds is 4. The molecule has 2 aromatic rings. The summed E-state index contributed by atoms with van der Waals surface area (Å²) in [5, 5.41) is 11.4. The Morgan fingerprint density at radius 2 is 2.11 bits per heavy atom. The monoisotopic (exact) mass is 280 g/mol. The van der Waals surface area contributed by atoms with Crippen molar-refractivity contribution in [3.05, 3.63) is 29.6 Å². The summed E-state index contributed by atoms with van der Waals surface area (Å²) >= 11 is 3.27. The van der Waals surface area contributed by atoms with E-state index in [1.807, 2.05) is 29.6 Å². The van der Waals surface area contributed by atoms with Crippen LogP contribution in [0.25, 0.3) is 10.6 Å². The lowest BCUT2D eigenvalue weighted by molar-refractivity contribution is -0.0214. The molecule has 18 heavy (non-hydrogen) atoms. The second-order valence-corrected chi connectivity index (χ2v) is 5.70. The minimum Gasteiger partial charge on any atom is -0.349 e. The van der Waals surface area contributed by atoms with E-state index in [4.69, 9.17) is 9.47 Å². The molecule has 3 heterocycles. The number of hydrogen-bond acceptors (Lipinski definition) is 6. The molecule has 0 spiro atoms. The predicted octanol–water partition coefficient (Wildman–Crippen LogP) is 2.67. The van der Waals surface area contributed by atoms with Gasteiger partial charge in [0.1, 0.15) is 10.7 Å². The predicted molar refractivity (Wildman–Crippen MR) is 71.8 cm³/mol. The van der Waals surface area contributed by atoms with E-state index < -0.39 is 0 Å². The van der Waals surface area contributed by atoms with Crippen LogP contribution in [0.3, 0.4) is 0 Å². The zero-order chi connectivity index (χ0) is 12.2. The fourth-order valence-electron chi connectivity index (χ4n) is 1.61. The number of ether oxygens (including phenoxy) is 2. The first-order valence-corrected chi connectivity index (χ1v) is 7.52. The smallest absolute Gasteiger partial charge is 0.167 e. The van der Waals surface area contributed by atoms with Crippen molar-refractivity contribution in [1.29, 1.82) is 0 Å². The molecule has 0 aromatic carbocycles. The van der Waals surface area contributed by atoms with Crippen LogP contribution in [0.1, 0.15) is 0 Å². The van der Waals surface area contributed by atoms with Gasteiger partial charge in [0, 0.05) is 0 Å². The van der Waals surface area contributed by atoms with Gasteiger partial charge >= 0.3 is 0 Å². The van der Waals surface area contributed by atoms with E-state index in [0.717, 1.165) is 21.3 Å². The fourth-order valence-corrected chi connectivity index (χ4v) is 3.06. The van der Waals surface area contributed by atoms with Gasteiger partial charge in [0.25, 0.3) is 0 Å². The molecular weight excluding hydrogens is 268 g/mol. The van der Waals surface area contributed by atoms with Crippen molar-refractivity contribution < 1.29 is 9.47 Å². The molecule has 0 amide bonds. The largest absolute Gasteiger partial charge is 0.349 e. The van der Waals surface area contributed by atoms with Gasteiger partial charge in [-0.1, -0.05) is 17.8 Å². The van der Waals surface area contributed by atoms with E-state index in [-0.39, 0.29) is 6.29 Å². The summed E-state index contributed by atoms with van der Waals surface area (Å²) in [6, 6.07) is 8.04. The molecule has 1 saturated heterocycles. The van der Waals surface area contributed by atoms with Gasteiger partial charge in [0.05, 0.1) is 23.8 Å². The molecule has 6 heteroatoms. The highest BCUT2D eigenvalue weighted by atomic mass is 32.2. The highest BCUT2D eigenvalue weighted by Crippen LogP contribution is 2.24. The summed E-state index contributed by atoms with van der Waals surface area (Å²) in [6.07, 6.45) is -0.103. The zero-order valence-corrected chi connectivity index (χ0v) is 11.2. The summed E-state index contributed by atoms with van der Waals surface area (Å²) in [4.78, 5) is 1.14. The standard InChI is InChI=1S/C12H12N2O2S2/c1-2-10(17-7-1)9-3-4-11(14-13-9)18-8-12-15-5-6-16-12/h1-4,7,12H,5-6,8H2. The number of nitrogens with zero attached hydrogens (tertiary/aromatic N) is 2. The third-order valence-electron chi connectivity index (χ3n) is 2.47. The van der Waals surface area contributed by atoms with Gasteiger partial charge in [-0.3, -0.25) is 0 Å². The van der Waals surface area contributed by atoms with E-state index in [0.29, 0.717) is 13.2 Å². The quantitative estimate of drug-likeness (QED) is 0.806. The first kappa shape index (κ1) is 12.1.